The molecule has 2 saturated heterocycles. The second-order valence-corrected chi connectivity index (χ2v) is 8.29. The molecule has 2 rings (SSSR count). The highest BCUT2D eigenvalue weighted by Crippen LogP contribution is 2.37. The zero-order chi connectivity index (χ0) is 19.9. The van der Waals surface area contributed by atoms with Gasteiger partial charge in [0.05, 0.1) is 12.3 Å². The van der Waals surface area contributed by atoms with Crippen molar-refractivity contribution in [2.24, 2.45) is 5.16 Å². The molecule has 150 valence electrons. The van der Waals surface area contributed by atoms with Gasteiger partial charge in [-0.15, -0.1) is 0 Å². The smallest absolute Gasteiger partial charge is 0.256 e. The van der Waals surface area contributed by atoms with Crippen molar-refractivity contribution in [3.8, 4) is 0 Å². The predicted octanol–water partition coefficient (Wildman–Crippen LogP) is -0.642. The summed E-state index contributed by atoms with van der Waals surface area (Å²) in [5, 5.41) is 42.9. The number of piperidine rings is 1. The zero-order valence-electron chi connectivity index (χ0n) is 15.9. The Bertz CT molecular complexity index is 541. The summed E-state index contributed by atoms with van der Waals surface area (Å²) in [6, 6.07) is 0. The van der Waals surface area contributed by atoms with Gasteiger partial charge in [-0.2, -0.15) is 0 Å². The minimum atomic E-state index is -1.52. The number of rotatable bonds is 3. The first-order valence-electron chi connectivity index (χ1n) is 8.73. The first kappa shape index (κ1) is 21.0. The fourth-order valence-corrected chi connectivity index (χ4v) is 4.24. The molecule has 0 radical (unpaired) electrons. The summed E-state index contributed by atoms with van der Waals surface area (Å²) in [6.45, 7) is 8.78. The molecule has 2 aliphatic rings. The van der Waals surface area contributed by atoms with Crippen LogP contribution in [-0.4, -0.2) is 85.3 Å². The van der Waals surface area contributed by atoms with Gasteiger partial charge in [0, 0.05) is 30.8 Å². The highest BCUT2D eigenvalue weighted by atomic mass is 16.8. The predicted molar refractivity (Wildman–Crippen MR) is 92.2 cm³/mol. The Morgan fingerprint density at radius 2 is 1.69 bits per heavy atom. The van der Waals surface area contributed by atoms with Gasteiger partial charge < -0.3 is 34.9 Å². The van der Waals surface area contributed by atoms with Crippen molar-refractivity contribution in [1.29, 1.82) is 0 Å². The van der Waals surface area contributed by atoms with E-state index in [9.17, 15) is 25.2 Å². The fourth-order valence-electron chi connectivity index (χ4n) is 4.24. The number of hydrogen-bond acceptors (Lipinski definition) is 8. The van der Waals surface area contributed by atoms with Crippen LogP contribution in [0.5, 0.6) is 0 Å². The largest absolute Gasteiger partial charge is 0.394 e. The van der Waals surface area contributed by atoms with Crippen LogP contribution in [0.2, 0.25) is 0 Å². The summed E-state index contributed by atoms with van der Waals surface area (Å²) in [6.07, 6.45) is -5.87. The van der Waals surface area contributed by atoms with E-state index in [2.05, 4.69) is 5.16 Å². The first-order chi connectivity index (χ1) is 11.9. The van der Waals surface area contributed by atoms with Crippen LogP contribution >= 0.6 is 0 Å². The maximum absolute atomic E-state index is 12.0. The molecule has 9 nitrogen and oxygen atoms in total. The van der Waals surface area contributed by atoms with Crippen molar-refractivity contribution >= 4 is 11.6 Å². The highest BCUT2D eigenvalue weighted by Gasteiger charge is 2.47. The minimum Gasteiger partial charge on any atom is -0.394 e. The maximum Gasteiger partial charge on any atom is 0.256 e. The molecular weight excluding hydrogens is 344 g/mol. The van der Waals surface area contributed by atoms with Gasteiger partial charge in [0.25, 0.3) is 6.29 Å². The third-order valence-electron chi connectivity index (χ3n) is 4.93. The van der Waals surface area contributed by atoms with Gasteiger partial charge >= 0.3 is 0 Å². The van der Waals surface area contributed by atoms with E-state index in [0.29, 0.717) is 18.6 Å². The standard InChI is InChI=1S/C17H30N2O7/c1-9(21)19-16(2,3)6-10(7-17(19,4)5)18-26-15-14(24)13(23)12(22)11(8-20)25-15/h11-15,20,22-24H,6-8H2,1-5H3. The normalized spacial score (nSPS) is 36.6. The van der Waals surface area contributed by atoms with Gasteiger partial charge in [-0.25, -0.2) is 0 Å². The van der Waals surface area contributed by atoms with E-state index in [1.54, 1.807) is 0 Å². The first-order valence-corrected chi connectivity index (χ1v) is 8.73. The molecule has 0 aromatic heterocycles. The molecule has 0 aliphatic carbocycles. The quantitative estimate of drug-likeness (QED) is 0.483. The zero-order valence-corrected chi connectivity index (χ0v) is 15.9. The molecule has 5 unspecified atom stereocenters. The summed E-state index contributed by atoms with van der Waals surface area (Å²) in [7, 11) is 0. The Morgan fingerprint density at radius 1 is 1.15 bits per heavy atom. The monoisotopic (exact) mass is 374 g/mol. The number of aliphatic hydroxyl groups is 4. The van der Waals surface area contributed by atoms with E-state index in [4.69, 9.17) is 9.57 Å². The highest BCUT2D eigenvalue weighted by molar-refractivity contribution is 5.89. The SMILES string of the molecule is CC(=O)N1C(C)(C)CC(=NOC2OC(CO)C(O)C(O)C2O)CC1(C)C. The number of nitrogens with zero attached hydrogens (tertiary/aromatic N) is 2. The van der Waals surface area contributed by atoms with Gasteiger partial charge in [0.2, 0.25) is 5.91 Å². The van der Waals surface area contributed by atoms with Crippen LogP contribution in [0.3, 0.4) is 0 Å². The van der Waals surface area contributed by atoms with Crippen LogP contribution in [0, 0.1) is 0 Å². The molecule has 0 spiro atoms. The van der Waals surface area contributed by atoms with E-state index in [0.717, 1.165) is 0 Å². The molecule has 4 N–H and O–H groups in total. The summed E-state index contributed by atoms with van der Waals surface area (Å²) in [5.41, 5.74) is -0.245. The maximum atomic E-state index is 12.0. The second kappa shape index (κ2) is 7.40. The van der Waals surface area contributed by atoms with Crippen molar-refractivity contribution < 1.29 is 34.8 Å². The van der Waals surface area contributed by atoms with Crippen LogP contribution in [0.4, 0.5) is 0 Å². The number of amides is 1. The molecule has 0 bridgehead atoms. The number of carbonyl (C=O) groups is 1. The van der Waals surface area contributed by atoms with Crippen LogP contribution in [0.15, 0.2) is 5.16 Å². The Balaban J connectivity index is 2.14. The molecule has 1 amide bonds. The van der Waals surface area contributed by atoms with Crippen LogP contribution < -0.4 is 0 Å². The summed E-state index contributed by atoms with van der Waals surface area (Å²) in [5.74, 6) is -0.0195. The molecule has 0 aromatic carbocycles. The minimum absolute atomic E-state index is 0.0195. The molecule has 0 saturated carbocycles. The number of carbonyl (C=O) groups excluding carboxylic acids is 1. The van der Waals surface area contributed by atoms with Crippen molar-refractivity contribution in [3.63, 3.8) is 0 Å². The average molecular weight is 374 g/mol. The Morgan fingerprint density at radius 3 is 2.15 bits per heavy atom. The van der Waals surface area contributed by atoms with Crippen LogP contribution in [-0.2, 0) is 14.4 Å². The van der Waals surface area contributed by atoms with E-state index in [1.165, 1.54) is 6.92 Å². The van der Waals surface area contributed by atoms with Crippen molar-refractivity contribution in [3.05, 3.63) is 0 Å². The molecular formula is C17H30N2O7. The number of ether oxygens (including phenoxy) is 1. The number of oxime groups is 1. The summed E-state index contributed by atoms with van der Waals surface area (Å²) in [4.78, 5) is 19.2. The Hall–Kier alpha value is -1.26. The van der Waals surface area contributed by atoms with E-state index in [1.807, 2.05) is 32.6 Å². The number of likely N-dealkylation sites (tertiary alicyclic amines) is 1. The molecule has 2 heterocycles. The van der Waals surface area contributed by atoms with Crippen molar-refractivity contribution in [2.75, 3.05) is 6.61 Å². The Labute approximate surface area is 153 Å². The lowest BCUT2D eigenvalue weighted by atomic mass is 9.78. The molecule has 5 atom stereocenters. The van der Waals surface area contributed by atoms with Gasteiger partial charge in [0.15, 0.2) is 0 Å². The molecule has 26 heavy (non-hydrogen) atoms. The Kier molecular flexibility index (Phi) is 5.99. The van der Waals surface area contributed by atoms with E-state index >= 15 is 0 Å². The third-order valence-corrected chi connectivity index (χ3v) is 4.93. The van der Waals surface area contributed by atoms with Crippen LogP contribution in [0.1, 0.15) is 47.5 Å². The van der Waals surface area contributed by atoms with E-state index < -0.39 is 48.4 Å². The average Bonchev–Trinajstić information content (AvgIpc) is 2.49. The van der Waals surface area contributed by atoms with E-state index in [-0.39, 0.29) is 5.91 Å². The van der Waals surface area contributed by atoms with Crippen molar-refractivity contribution in [1.82, 2.24) is 4.90 Å². The molecule has 9 heteroatoms. The third kappa shape index (κ3) is 4.01. The topological polar surface area (TPSA) is 132 Å². The van der Waals surface area contributed by atoms with Crippen molar-refractivity contribution in [2.45, 2.75) is 89.2 Å². The van der Waals surface area contributed by atoms with Gasteiger partial charge in [-0.3, -0.25) is 4.79 Å². The molecule has 2 aliphatic heterocycles. The second-order valence-electron chi connectivity index (χ2n) is 8.29. The molecule has 0 aromatic rings. The van der Waals surface area contributed by atoms with Gasteiger partial charge in [-0.1, -0.05) is 5.16 Å². The van der Waals surface area contributed by atoms with Crippen LogP contribution in [0.25, 0.3) is 0 Å². The van der Waals surface area contributed by atoms with Gasteiger partial charge in [0.1, 0.15) is 24.4 Å². The lowest BCUT2D eigenvalue weighted by Crippen LogP contribution is -2.62. The van der Waals surface area contributed by atoms with Gasteiger partial charge in [-0.05, 0) is 27.7 Å². The molecule has 2 fully saturated rings. The fraction of sp³-hybridized carbons (Fsp3) is 0.882. The summed E-state index contributed by atoms with van der Waals surface area (Å²) < 4.78 is 5.28. The lowest BCUT2D eigenvalue weighted by molar-refractivity contribution is -0.301. The number of hydrogen-bond donors (Lipinski definition) is 4. The summed E-state index contributed by atoms with van der Waals surface area (Å²) >= 11 is 0. The number of aliphatic hydroxyl groups excluding tert-OH is 4. The lowest BCUT2D eigenvalue weighted by Gasteiger charge is -2.52.